The van der Waals surface area contributed by atoms with Crippen LogP contribution in [0.4, 0.5) is 5.69 Å². The quantitative estimate of drug-likeness (QED) is 0.816. The van der Waals surface area contributed by atoms with Crippen molar-refractivity contribution in [1.82, 2.24) is 15.2 Å². The lowest BCUT2D eigenvalue weighted by Crippen LogP contribution is -2.24. The molecule has 0 spiro atoms. The second-order valence-electron chi connectivity index (χ2n) is 4.49. The molecule has 1 aliphatic rings. The zero-order valence-electron chi connectivity index (χ0n) is 10.4. The van der Waals surface area contributed by atoms with Gasteiger partial charge in [-0.1, -0.05) is 12.1 Å². The van der Waals surface area contributed by atoms with Gasteiger partial charge in [0.2, 0.25) is 5.91 Å². The zero-order valence-corrected chi connectivity index (χ0v) is 10.4. The van der Waals surface area contributed by atoms with Crippen LogP contribution in [0.5, 0.6) is 0 Å². The van der Waals surface area contributed by atoms with Gasteiger partial charge in [-0.05, 0) is 19.1 Å². The number of benzene rings is 1. The molecule has 1 fully saturated rings. The number of ketones is 1. The van der Waals surface area contributed by atoms with Crippen molar-refractivity contribution in [2.45, 2.75) is 13.3 Å². The van der Waals surface area contributed by atoms with Crippen molar-refractivity contribution in [3.05, 3.63) is 30.1 Å². The van der Waals surface area contributed by atoms with E-state index in [2.05, 4.69) is 15.2 Å². The van der Waals surface area contributed by atoms with Gasteiger partial charge in [-0.25, -0.2) is 4.98 Å². The van der Waals surface area contributed by atoms with E-state index >= 15 is 0 Å². The van der Waals surface area contributed by atoms with Gasteiger partial charge in [0.15, 0.2) is 11.6 Å². The van der Waals surface area contributed by atoms with Gasteiger partial charge < -0.3 is 4.90 Å². The Balaban J connectivity index is 1.96. The van der Waals surface area contributed by atoms with Crippen LogP contribution >= 0.6 is 0 Å². The fraction of sp³-hybridized carbons (Fsp3) is 0.231. The first-order valence-corrected chi connectivity index (χ1v) is 5.95. The Hall–Kier alpha value is -2.50. The van der Waals surface area contributed by atoms with Crippen LogP contribution in [0, 0.1) is 6.92 Å². The highest BCUT2D eigenvalue weighted by Gasteiger charge is 2.28. The lowest BCUT2D eigenvalue weighted by atomic mass is 10.2. The summed E-state index contributed by atoms with van der Waals surface area (Å²) in [6, 6.07) is 7.32. The maximum Gasteiger partial charge on any atom is 0.234 e. The van der Waals surface area contributed by atoms with Crippen LogP contribution in [0.3, 0.4) is 0 Å². The molecule has 1 amide bonds. The second kappa shape index (κ2) is 4.31. The summed E-state index contributed by atoms with van der Waals surface area (Å²) in [5, 5.41) is 6.86. The third kappa shape index (κ3) is 2.12. The minimum atomic E-state index is -0.159. The molecule has 0 bridgehead atoms. The number of hydrogen-bond donors (Lipinski definition) is 1. The molecule has 0 unspecified atom stereocenters. The highest BCUT2D eigenvalue weighted by Crippen LogP contribution is 2.24. The van der Waals surface area contributed by atoms with E-state index in [4.69, 9.17) is 0 Å². The number of aryl methyl sites for hydroxylation is 1. The number of anilines is 1. The number of hydrogen-bond acceptors (Lipinski definition) is 4. The van der Waals surface area contributed by atoms with E-state index in [1.165, 1.54) is 4.90 Å². The topological polar surface area (TPSA) is 79.0 Å². The molecule has 19 heavy (non-hydrogen) atoms. The third-order valence-corrected chi connectivity index (χ3v) is 3.00. The van der Waals surface area contributed by atoms with Gasteiger partial charge >= 0.3 is 0 Å². The third-order valence-electron chi connectivity index (χ3n) is 3.00. The van der Waals surface area contributed by atoms with Crippen LogP contribution in [0.1, 0.15) is 12.2 Å². The van der Waals surface area contributed by atoms with Crippen molar-refractivity contribution >= 4 is 17.4 Å². The Morgan fingerprint density at radius 3 is 2.79 bits per heavy atom. The van der Waals surface area contributed by atoms with E-state index in [9.17, 15) is 9.59 Å². The van der Waals surface area contributed by atoms with E-state index in [1.807, 2.05) is 25.1 Å². The number of carbonyl (C=O) groups excluding carboxylic acids is 2. The molecule has 6 nitrogen and oxygen atoms in total. The lowest BCUT2D eigenvalue weighted by molar-refractivity contribution is -0.121. The summed E-state index contributed by atoms with van der Waals surface area (Å²) in [6.07, 6.45) is -0.00993. The van der Waals surface area contributed by atoms with Crippen molar-refractivity contribution in [1.29, 1.82) is 0 Å². The van der Waals surface area contributed by atoms with Crippen molar-refractivity contribution in [3.8, 4) is 11.4 Å². The van der Waals surface area contributed by atoms with Gasteiger partial charge in [0.1, 0.15) is 5.82 Å². The Morgan fingerprint density at radius 1 is 1.32 bits per heavy atom. The number of carbonyl (C=O) groups is 2. The Morgan fingerprint density at radius 2 is 2.16 bits per heavy atom. The minimum absolute atomic E-state index is 0.00993. The summed E-state index contributed by atoms with van der Waals surface area (Å²) in [5.74, 6) is 1.10. The van der Waals surface area contributed by atoms with E-state index in [0.717, 1.165) is 11.4 Å². The van der Waals surface area contributed by atoms with Gasteiger partial charge in [0.25, 0.3) is 0 Å². The van der Waals surface area contributed by atoms with Crippen molar-refractivity contribution in [2.75, 3.05) is 11.4 Å². The summed E-state index contributed by atoms with van der Waals surface area (Å²) in [6.45, 7) is 1.97. The van der Waals surface area contributed by atoms with Gasteiger partial charge in [0, 0.05) is 11.3 Å². The maximum absolute atomic E-state index is 11.7. The number of Topliss-reactive ketones (excluding diaryl/α,β-unsaturated/α-hetero) is 1. The number of H-pyrrole nitrogens is 1. The molecule has 1 aromatic carbocycles. The van der Waals surface area contributed by atoms with E-state index in [0.29, 0.717) is 11.5 Å². The molecule has 0 radical (unpaired) electrons. The molecule has 1 N–H and O–H groups in total. The Bertz CT molecular complexity index is 662. The SMILES string of the molecule is Cc1nc(-c2cccc(N3CC(=O)CC3=O)c2)n[nH]1. The largest absolute Gasteiger partial charge is 0.305 e. The average molecular weight is 256 g/mol. The molecule has 96 valence electrons. The van der Waals surface area contributed by atoms with Crippen molar-refractivity contribution in [2.24, 2.45) is 0 Å². The number of rotatable bonds is 2. The number of amides is 1. The molecule has 0 atom stereocenters. The summed E-state index contributed by atoms with van der Waals surface area (Å²) in [4.78, 5) is 28.7. The van der Waals surface area contributed by atoms with Crippen molar-refractivity contribution in [3.63, 3.8) is 0 Å². The van der Waals surface area contributed by atoms with Crippen molar-refractivity contribution < 1.29 is 9.59 Å². The van der Waals surface area contributed by atoms with Gasteiger partial charge in [-0.15, -0.1) is 0 Å². The molecule has 1 saturated heterocycles. The molecule has 0 aliphatic carbocycles. The highest BCUT2D eigenvalue weighted by atomic mass is 16.2. The normalized spacial score (nSPS) is 15.3. The van der Waals surface area contributed by atoms with Crippen LogP contribution in [0.2, 0.25) is 0 Å². The number of nitrogens with zero attached hydrogens (tertiary/aromatic N) is 3. The first-order chi connectivity index (χ1) is 9.13. The summed E-state index contributed by atoms with van der Waals surface area (Å²) in [5.41, 5.74) is 1.52. The predicted molar refractivity (Wildman–Crippen MR) is 68.5 cm³/mol. The molecule has 0 saturated carbocycles. The van der Waals surface area contributed by atoms with E-state index < -0.39 is 0 Å². The standard InChI is InChI=1S/C13H12N4O2/c1-8-14-13(16-15-8)9-3-2-4-10(5-9)17-7-11(18)6-12(17)19/h2-5H,6-7H2,1H3,(H,14,15,16). The number of aromatic nitrogens is 3. The smallest absolute Gasteiger partial charge is 0.234 e. The Labute approximate surface area is 109 Å². The zero-order chi connectivity index (χ0) is 13.4. The van der Waals surface area contributed by atoms with Gasteiger partial charge in [-0.3, -0.25) is 14.7 Å². The molecular formula is C13H12N4O2. The number of nitrogens with one attached hydrogen (secondary N) is 1. The van der Waals surface area contributed by atoms with E-state index in [1.54, 1.807) is 6.07 Å². The van der Waals surface area contributed by atoms with E-state index in [-0.39, 0.29) is 24.7 Å². The van der Waals surface area contributed by atoms with Crippen LogP contribution in [0.25, 0.3) is 11.4 Å². The van der Waals surface area contributed by atoms with Crippen LogP contribution in [-0.4, -0.2) is 33.4 Å². The molecule has 1 aromatic heterocycles. The summed E-state index contributed by atoms with van der Waals surface area (Å²) >= 11 is 0. The lowest BCUT2D eigenvalue weighted by Gasteiger charge is -2.15. The number of aromatic amines is 1. The fourth-order valence-electron chi connectivity index (χ4n) is 2.10. The first kappa shape index (κ1) is 11.6. The highest BCUT2D eigenvalue weighted by molar-refractivity contribution is 6.15. The summed E-state index contributed by atoms with van der Waals surface area (Å²) in [7, 11) is 0. The maximum atomic E-state index is 11.7. The molecule has 2 heterocycles. The fourth-order valence-corrected chi connectivity index (χ4v) is 2.10. The molecule has 1 aliphatic heterocycles. The summed E-state index contributed by atoms with van der Waals surface area (Å²) < 4.78 is 0. The molecule has 2 aromatic rings. The van der Waals surface area contributed by atoms with Gasteiger partial charge in [-0.2, -0.15) is 5.10 Å². The molecular weight excluding hydrogens is 244 g/mol. The minimum Gasteiger partial charge on any atom is -0.305 e. The second-order valence-corrected chi connectivity index (χ2v) is 4.49. The molecule has 6 heteroatoms. The Kier molecular flexibility index (Phi) is 2.63. The predicted octanol–water partition coefficient (Wildman–Crippen LogP) is 1.09. The van der Waals surface area contributed by atoms with Crippen LogP contribution in [0.15, 0.2) is 24.3 Å². The van der Waals surface area contributed by atoms with Gasteiger partial charge in [0.05, 0.1) is 13.0 Å². The molecule has 3 rings (SSSR count). The monoisotopic (exact) mass is 256 g/mol. The van der Waals surface area contributed by atoms with Crippen LogP contribution in [-0.2, 0) is 9.59 Å². The first-order valence-electron chi connectivity index (χ1n) is 5.95. The van der Waals surface area contributed by atoms with Crippen LogP contribution < -0.4 is 4.90 Å². The average Bonchev–Trinajstić information content (AvgIpc) is 2.96.